The van der Waals surface area contributed by atoms with E-state index in [2.05, 4.69) is 11.4 Å². The lowest BCUT2D eigenvalue weighted by atomic mass is 9.80. The van der Waals surface area contributed by atoms with Crippen LogP contribution in [0, 0.1) is 11.3 Å². The highest BCUT2D eigenvalue weighted by atomic mass is 32.1. The first kappa shape index (κ1) is 18.9. The number of nitrogens with zero attached hydrogens (tertiary/aromatic N) is 3. The predicted octanol–water partition coefficient (Wildman–Crippen LogP) is 2.52. The normalized spacial score (nSPS) is 25.9. The number of imide groups is 1. The summed E-state index contributed by atoms with van der Waals surface area (Å²) in [4.78, 5) is 42.4. The third-order valence-corrected chi connectivity index (χ3v) is 7.52. The van der Waals surface area contributed by atoms with Crippen molar-refractivity contribution in [1.82, 2.24) is 15.1 Å². The number of urea groups is 1. The van der Waals surface area contributed by atoms with Crippen LogP contribution in [0.2, 0.25) is 0 Å². The van der Waals surface area contributed by atoms with Crippen molar-refractivity contribution in [3.05, 3.63) is 21.9 Å². The summed E-state index contributed by atoms with van der Waals surface area (Å²) < 4.78 is 0. The summed E-state index contributed by atoms with van der Waals surface area (Å²) in [5.41, 5.74) is -1.01. The fourth-order valence-electron chi connectivity index (χ4n) is 4.82. The Labute approximate surface area is 168 Å². The summed E-state index contributed by atoms with van der Waals surface area (Å²) >= 11 is 1.60. The Balaban J connectivity index is 1.55. The van der Waals surface area contributed by atoms with Gasteiger partial charge in [-0.25, -0.2) is 4.79 Å². The lowest BCUT2D eigenvalue weighted by Gasteiger charge is -2.39. The molecule has 1 aromatic heterocycles. The van der Waals surface area contributed by atoms with E-state index >= 15 is 0 Å². The van der Waals surface area contributed by atoms with E-state index in [0.717, 1.165) is 47.4 Å². The van der Waals surface area contributed by atoms with Gasteiger partial charge in [-0.3, -0.25) is 14.5 Å². The van der Waals surface area contributed by atoms with Crippen LogP contribution in [0.15, 0.2) is 11.4 Å². The maximum absolute atomic E-state index is 13.2. The number of hydrogen-bond acceptors (Lipinski definition) is 5. The Kier molecular flexibility index (Phi) is 4.66. The average molecular weight is 401 g/mol. The molecule has 1 aromatic rings. The summed E-state index contributed by atoms with van der Waals surface area (Å²) in [6, 6.07) is 3.69. The number of hydrogen-bond donors (Lipinski definition) is 1. The molecule has 28 heavy (non-hydrogen) atoms. The Morgan fingerprint density at radius 1 is 1.29 bits per heavy atom. The Morgan fingerprint density at radius 2 is 2.04 bits per heavy atom. The third kappa shape index (κ3) is 2.72. The topological polar surface area (TPSA) is 93.5 Å². The monoisotopic (exact) mass is 400 g/mol. The van der Waals surface area contributed by atoms with E-state index in [9.17, 15) is 19.6 Å². The number of nitrogens with one attached hydrogen (secondary N) is 1. The molecular formula is C20H24N4O3S. The zero-order valence-electron chi connectivity index (χ0n) is 16.0. The molecule has 8 heteroatoms. The maximum atomic E-state index is 13.2. The van der Waals surface area contributed by atoms with E-state index in [1.807, 2.05) is 11.4 Å². The smallest absolute Gasteiger partial charge is 0.325 e. The first-order valence-corrected chi connectivity index (χ1v) is 10.7. The molecule has 0 bridgehead atoms. The van der Waals surface area contributed by atoms with Crippen molar-refractivity contribution < 1.29 is 14.4 Å². The maximum Gasteiger partial charge on any atom is 0.325 e. The molecule has 3 aliphatic rings. The van der Waals surface area contributed by atoms with Crippen LogP contribution in [-0.4, -0.2) is 46.8 Å². The molecule has 2 aliphatic carbocycles. The number of nitriles is 1. The molecule has 1 saturated heterocycles. The van der Waals surface area contributed by atoms with E-state index < -0.39 is 17.1 Å². The van der Waals surface area contributed by atoms with Gasteiger partial charge in [0.2, 0.25) is 5.91 Å². The minimum atomic E-state index is -1.04. The number of aryl methyl sites for hydroxylation is 1. The van der Waals surface area contributed by atoms with Gasteiger partial charge in [0.05, 0.1) is 6.07 Å². The van der Waals surface area contributed by atoms with Crippen molar-refractivity contribution in [1.29, 1.82) is 5.26 Å². The highest BCUT2D eigenvalue weighted by Crippen LogP contribution is 2.42. The summed E-state index contributed by atoms with van der Waals surface area (Å²) in [6.45, 7) is -0.328. The zero-order valence-corrected chi connectivity index (χ0v) is 16.8. The second-order valence-corrected chi connectivity index (χ2v) is 9.00. The molecule has 4 rings (SSSR count). The summed E-state index contributed by atoms with van der Waals surface area (Å²) in [5.74, 6) is -0.724. The standard InChI is InChI=1S/C20H24N4O3S/c1-23(19(13-21)8-3-2-4-9-19)16(25)12-24-17(26)20(22-18(24)27)10-5-6-15-14(20)7-11-28-15/h7,11H,2-6,8-10,12H2,1H3,(H,22,27). The molecule has 1 unspecified atom stereocenters. The average Bonchev–Trinajstić information content (AvgIpc) is 3.28. The molecule has 0 aromatic carbocycles. The summed E-state index contributed by atoms with van der Waals surface area (Å²) in [7, 11) is 1.61. The molecule has 1 saturated carbocycles. The quantitative estimate of drug-likeness (QED) is 0.789. The second kappa shape index (κ2) is 6.89. The lowest BCUT2D eigenvalue weighted by molar-refractivity contribution is -0.141. The lowest BCUT2D eigenvalue weighted by Crippen LogP contribution is -2.53. The molecule has 2 fully saturated rings. The van der Waals surface area contributed by atoms with E-state index in [-0.39, 0.29) is 18.4 Å². The van der Waals surface area contributed by atoms with Crippen molar-refractivity contribution in [2.45, 2.75) is 62.4 Å². The number of amides is 4. The minimum Gasteiger partial charge on any atom is -0.325 e. The highest BCUT2D eigenvalue weighted by molar-refractivity contribution is 7.10. The molecule has 1 aliphatic heterocycles. The van der Waals surface area contributed by atoms with E-state index in [4.69, 9.17) is 0 Å². The molecule has 1 atom stereocenters. The van der Waals surface area contributed by atoms with Crippen molar-refractivity contribution >= 4 is 29.2 Å². The van der Waals surface area contributed by atoms with Gasteiger partial charge in [0.25, 0.3) is 5.91 Å². The van der Waals surface area contributed by atoms with Crippen LogP contribution in [0.3, 0.4) is 0 Å². The van der Waals surface area contributed by atoms with Gasteiger partial charge in [-0.1, -0.05) is 19.3 Å². The molecule has 4 amide bonds. The predicted molar refractivity (Wildman–Crippen MR) is 103 cm³/mol. The van der Waals surface area contributed by atoms with Crippen LogP contribution in [-0.2, 0) is 21.5 Å². The first-order chi connectivity index (χ1) is 13.4. The van der Waals surface area contributed by atoms with Crippen LogP contribution < -0.4 is 5.32 Å². The SMILES string of the molecule is CN(C(=O)CN1C(=O)NC2(CCCc3sccc32)C1=O)C1(C#N)CCCCC1. The van der Waals surface area contributed by atoms with Crippen molar-refractivity contribution in [2.75, 3.05) is 13.6 Å². The number of carbonyl (C=O) groups excluding carboxylic acids is 3. The second-order valence-electron chi connectivity index (χ2n) is 7.99. The largest absolute Gasteiger partial charge is 0.325 e. The Bertz CT molecular complexity index is 867. The van der Waals surface area contributed by atoms with Crippen molar-refractivity contribution in [3.63, 3.8) is 0 Å². The highest BCUT2D eigenvalue weighted by Gasteiger charge is 2.55. The third-order valence-electron chi connectivity index (χ3n) is 6.53. The van der Waals surface area contributed by atoms with Crippen LogP contribution in [0.4, 0.5) is 4.79 Å². The fraction of sp³-hybridized carbons (Fsp3) is 0.600. The van der Waals surface area contributed by atoms with Gasteiger partial charge in [-0.05, 0) is 43.6 Å². The van der Waals surface area contributed by atoms with Gasteiger partial charge in [0.15, 0.2) is 0 Å². The first-order valence-electron chi connectivity index (χ1n) is 9.82. The summed E-state index contributed by atoms with van der Waals surface area (Å²) in [5, 5.41) is 14.5. The molecular weight excluding hydrogens is 376 g/mol. The molecule has 1 spiro atoms. The van der Waals surface area contributed by atoms with E-state index in [0.29, 0.717) is 19.3 Å². The molecule has 7 nitrogen and oxygen atoms in total. The zero-order chi connectivity index (χ0) is 19.9. The van der Waals surface area contributed by atoms with Gasteiger partial charge >= 0.3 is 6.03 Å². The molecule has 2 heterocycles. The molecule has 1 N–H and O–H groups in total. The fourth-order valence-corrected chi connectivity index (χ4v) is 5.82. The number of carbonyl (C=O) groups is 3. The van der Waals surface area contributed by atoms with Gasteiger partial charge in [-0.2, -0.15) is 5.26 Å². The van der Waals surface area contributed by atoms with Crippen LogP contribution in [0.5, 0.6) is 0 Å². The number of thiophene rings is 1. The molecule has 148 valence electrons. The van der Waals surface area contributed by atoms with Crippen LogP contribution >= 0.6 is 11.3 Å². The summed E-state index contributed by atoms with van der Waals surface area (Å²) in [6.07, 6.45) is 6.40. The van der Waals surface area contributed by atoms with Gasteiger partial charge in [0, 0.05) is 17.5 Å². The van der Waals surface area contributed by atoms with Gasteiger partial charge < -0.3 is 10.2 Å². The van der Waals surface area contributed by atoms with Crippen molar-refractivity contribution in [3.8, 4) is 6.07 Å². The minimum absolute atomic E-state index is 0.328. The number of likely N-dealkylation sites (N-methyl/N-ethyl adjacent to an activating group) is 1. The Hall–Kier alpha value is -2.40. The van der Waals surface area contributed by atoms with E-state index in [1.165, 1.54) is 4.90 Å². The number of rotatable bonds is 3. The van der Waals surface area contributed by atoms with E-state index in [1.54, 1.807) is 18.4 Å². The van der Waals surface area contributed by atoms with Gasteiger partial charge in [-0.15, -0.1) is 11.3 Å². The van der Waals surface area contributed by atoms with Crippen LogP contribution in [0.25, 0.3) is 0 Å². The van der Waals surface area contributed by atoms with Crippen LogP contribution in [0.1, 0.15) is 55.4 Å². The molecule has 0 radical (unpaired) electrons. The van der Waals surface area contributed by atoms with Gasteiger partial charge in [0.1, 0.15) is 17.6 Å². The Morgan fingerprint density at radius 3 is 2.75 bits per heavy atom. The number of fused-ring (bicyclic) bond motifs is 2. The van der Waals surface area contributed by atoms with Crippen molar-refractivity contribution in [2.24, 2.45) is 0 Å².